The Labute approximate surface area is 244 Å². The molecule has 2 aromatic carbocycles. The normalized spacial score (nSPS) is 19.4. The molecule has 0 unspecified atom stereocenters. The summed E-state index contributed by atoms with van der Waals surface area (Å²) in [6.45, 7) is 1.07. The first-order chi connectivity index (χ1) is 20.2. The van der Waals surface area contributed by atoms with Gasteiger partial charge in [0.2, 0.25) is 0 Å². The van der Waals surface area contributed by atoms with Crippen LogP contribution < -0.4 is 0 Å². The zero-order valence-corrected chi connectivity index (χ0v) is 23.2. The number of aliphatic hydroxyl groups excluding tert-OH is 1. The standard InChI is InChI=1S/C29H27F3N4O5S/c1-19(29(41-27(38)13-37,16-36-18-34-17-35-36)24-9-8-22(30)11-26(24)32)42-23-14-39-28(40-15-23)5-3-2-4-21-7-6-20(12-33)10-25(21)31/h2-11,17-19,23,28,37H,13-16H2,1H3/b4-2+,5-3+/t19-,23?,28?,29-/m1/s1. The Morgan fingerprint density at radius 1 is 1.24 bits per heavy atom. The molecule has 0 aliphatic carbocycles. The third kappa shape index (κ3) is 7.65. The number of esters is 1. The second kappa shape index (κ2) is 14.3. The third-order valence-electron chi connectivity index (χ3n) is 6.41. The Bertz CT molecular complexity index is 1470. The monoisotopic (exact) mass is 600 g/mol. The van der Waals surface area contributed by atoms with Crippen molar-refractivity contribution in [3.05, 3.63) is 101 Å². The molecular formula is C29H27F3N4O5S. The fraction of sp³-hybridized carbons (Fsp3) is 0.310. The lowest BCUT2D eigenvalue weighted by molar-refractivity contribution is -0.167. The van der Waals surface area contributed by atoms with Crippen molar-refractivity contribution >= 4 is 23.8 Å². The zero-order chi connectivity index (χ0) is 30.1. The predicted octanol–water partition coefficient (Wildman–Crippen LogP) is 4.13. The highest BCUT2D eigenvalue weighted by molar-refractivity contribution is 8.00. The van der Waals surface area contributed by atoms with E-state index in [-0.39, 0.29) is 36.1 Å². The number of carbonyl (C=O) groups excluding carboxylic acids is 1. The van der Waals surface area contributed by atoms with Gasteiger partial charge in [0.1, 0.15) is 36.7 Å². The molecule has 1 N–H and O–H groups in total. The molecule has 1 aliphatic heterocycles. The van der Waals surface area contributed by atoms with E-state index in [1.54, 1.807) is 31.2 Å². The van der Waals surface area contributed by atoms with E-state index in [1.165, 1.54) is 47.3 Å². The predicted molar refractivity (Wildman–Crippen MR) is 147 cm³/mol. The number of nitriles is 1. The maximum absolute atomic E-state index is 15.2. The quantitative estimate of drug-likeness (QED) is 0.256. The molecule has 0 bridgehead atoms. The van der Waals surface area contributed by atoms with Gasteiger partial charge in [0.25, 0.3) is 0 Å². The third-order valence-corrected chi connectivity index (χ3v) is 7.85. The van der Waals surface area contributed by atoms with Crippen molar-refractivity contribution in [3.8, 4) is 6.07 Å². The fourth-order valence-electron chi connectivity index (χ4n) is 4.36. The van der Waals surface area contributed by atoms with Gasteiger partial charge in [-0.25, -0.2) is 27.6 Å². The smallest absolute Gasteiger partial charge is 0.332 e. The van der Waals surface area contributed by atoms with Gasteiger partial charge in [-0.05, 0) is 37.3 Å². The van der Waals surface area contributed by atoms with Crippen LogP contribution in [0.15, 0.2) is 67.3 Å². The highest BCUT2D eigenvalue weighted by atomic mass is 32.2. The Morgan fingerprint density at radius 2 is 2.02 bits per heavy atom. The van der Waals surface area contributed by atoms with Crippen molar-refractivity contribution < 1.29 is 37.3 Å². The largest absolute Gasteiger partial charge is 0.449 e. The van der Waals surface area contributed by atoms with Gasteiger partial charge in [0.05, 0.1) is 36.6 Å². The van der Waals surface area contributed by atoms with Gasteiger partial charge < -0.3 is 19.3 Å². The minimum Gasteiger partial charge on any atom is -0.449 e. The molecule has 2 heterocycles. The highest BCUT2D eigenvalue weighted by Crippen LogP contribution is 2.42. The number of nitrogens with zero attached hydrogens (tertiary/aromatic N) is 4. The molecule has 3 aromatic rings. The highest BCUT2D eigenvalue weighted by Gasteiger charge is 2.46. The number of hydrogen-bond acceptors (Lipinski definition) is 9. The number of ether oxygens (including phenoxy) is 3. The Balaban J connectivity index is 1.45. The van der Waals surface area contributed by atoms with Gasteiger partial charge in [-0.2, -0.15) is 10.4 Å². The molecular weight excluding hydrogens is 573 g/mol. The molecule has 0 spiro atoms. The number of benzene rings is 2. The number of hydrogen-bond donors (Lipinski definition) is 1. The minimum absolute atomic E-state index is 0.0925. The van der Waals surface area contributed by atoms with E-state index < -0.39 is 47.2 Å². The van der Waals surface area contributed by atoms with Gasteiger partial charge in [0, 0.05) is 22.4 Å². The van der Waals surface area contributed by atoms with Crippen molar-refractivity contribution in [2.24, 2.45) is 0 Å². The number of aliphatic hydroxyl groups is 1. The summed E-state index contributed by atoms with van der Waals surface area (Å²) in [5, 5.41) is 21.4. The number of aromatic nitrogens is 3. The number of thioether (sulfide) groups is 1. The van der Waals surface area contributed by atoms with Crippen LogP contribution in [-0.2, 0) is 31.2 Å². The second-order valence-corrected chi connectivity index (χ2v) is 10.9. The molecule has 0 radical (unpaired) electrons. The SMILES string of the molecule is C[C@@H](SC1COC(/C=C/C=C/c2ccc(C#N)cc2F)OC1)[C@@](Cn1cncn1)(OC(=O)CO)c1ccc(F)cc1F. The Kier molecular flexibility index (Phi) is 10.5. The van der Waals surface area contributed by atoms with E-state index >= 15 is 4.39 Å². The first kappa shape index (κ1) is 31.0. The first-order valence-electron chi connectivity index (χ1n) is 12.8. The summed E-state index contributed by atoms with van der Waals surface area (Å²) in [6.07, 6.45) is 8.42. The lowest BCUT2D eigenvalue weighted by Crippen LogP contribution is -2.47. The Hall–Kier alpha value is -3.96. The van der Waals surface area contributed by atoms with E-state index in [1.807, 2.05) is 6.07 Å². The zero-order valence-electron chi connectivity index (χ0n) is 22.4. The molecule has 42 heavy (non-hydrogen) atoms. The average molecular weight is 601 g/mol. The van der Waals surface area contributed by atoms with Gasteiger partial charge >= 0.3 is 5.97 Å². The number of carbonyl (C=O) groups is 1. The van der Waals surface area contributed by atoms with Crippen LogP contribution in [0.1, 0.15) is 23.6 Å². The summed E-state index contributed by atoms with van der Waals surface area (Å²) < 4.78 is 61.7. The van der Waals surface area contributed by atoms with Crippen molar-refractivity contribution in [2.75, 3.05) is 19.8 Å². The summed E-state index contributed by atoms with van der Waals surface area (Å²) >= 11 is 1.31. The van der Waals surface area contributed by atoms with E-state index in [2.05, 4.69) is 10.1 Å². The van der Waals surface area contributed by atoms with Crippen LogP contribution in [-0.4, -0.2) is 62.5 Å². The van der Waals surface area contributed by atoms with Crippen LogP contribution in [0.2, 0.25) is 0 Å². The molecule has 220 valence electrons. The van der Waals surface area contributed by atoms with Crippen LogP contribution in [0.3, 0.4) is 0 Å². The summed E-state index contributed by atoms with van der Waals surface area (Å²) in [6, 6.07) is 9.03. The molecule has 1 saturated heterocycles. The summed E-state index contributed by atoms with van der Waals surface area (Å²) in [5.41, 5.74) is -1.25. The van der Waals surface area contributed by atoms with Crippen LogP contribution >= 0.6 is 11.8 Å². The van der Waals surface area contributed by atoms with Crippen LogP contribution in [0.25, 0.3) is 6.08 Å². The van der Waals surface area contributed by atoms with E-state index in [0.29, 0.717) is 11.6 Å². The van der Waals surface area contributed by atoms with E-state index in [4.69, 9.17) is 19.5 Å². The average Bonchev–Trinajstić information content (AvgIpc) is 3.49. The van der Waals surface area contributed by atoms with Crippen molar-refractivity contribution in [1.82, 2.24) is 14.8 Å². The molecule has 1 aliphatic rings. The molecule has 0 amide bonds. The maximum atomic E-state index is 15.2. The first-order valence-corrected chi connectivity index (χ1v) is 13.7. The molecule has 1 aromatic heterocycles. The van der Waals surface area contributed by atoms with E-state index in [9.17, 15) is 18.7 Å². The van der Waals surface area contributed by atoms with Gasteiger partial charge in [-0.1, -0.05) is 24.3 Å². The number of allylic oxidation sites excluding steroid dienone is 2. The van der Waals surface area contributed by atoms with Gasteiger partial charge in [-0.15, -0.1) is 11.8 Å². The summed E-state index contributed by atoms with van der Waals surface area (Å²) in [5.74, 6) is -3.24. The minimum atomic E-state index is -1.71. The molecule has 4 rings (SSSR count). The van der Waals surface area contributed by atoms with Gasteiger partial charge in [0.15, 0.2) is 11.9 Å². The second-order valence-electron chi connectivity index (χ2n) is 9.27. The van der Waals surface area contributed by atoms with Crippen LogP contribution in [0.4, 0.5) is 13.2 Å². The lowest BCUT2D eigenvalue weighted by atomic mass is 9.89. The van der Waals surface area contributed by atoms with Crippen molar-refractivity contribution in [2.45, 2.75) is 35.9 Å². The number of rotatable bonds is 11. The molecule has 0 saturated carbocycles. The van der Waals surface area contributed by atoms with E-state index in [0.717, 1.165) is 12.1 Å². The molecule has 1 fully saturated rings. The van der Waals surface area contributed by atoms with Gasteiger partial charge in [-0.3, -0.25) is 0 Å². The Morgan fingerprint density at radius 3 is 2.67 bits per heavy atom. The van der Waals surface area contributed by atoms with Crippen LogP contribution in [0, 0.1) is 28.8 Å². The summed E-state index contributed by atoms with van der Waals surface area (Å²) in [7, 11) is 0. The number of halogens is 3. The molecule has 13 heteroatoms. The fourth-order valence-corrected chi connectivity index (χ4v) is 5.72. The molecule has 9 nitrogen and oxygen atoms in total. The topological polar surface area (TPSA) is 119 Å². The lowest BCUT2D eigenvalue weighted by Gasteiger charge is -2.40. The van der Waals surface area contributed by atoms with Crippen molar-refractivity contribution in [3.63, 3.8) is 0 Å². The molecule has 2 atom stereocenters. The van der Waals surface area contributed by atoms with Crippen LogP contribution in [0.5, 0.6) is 0 Å². The maximum Gasteiger partial charge on any atom is 0.332 e. The van der Waals surface area contributed by atoms with Crippen molar-refractivity contribution in [1.29, 1.82) is 5.26 Å². The summed E-state index contributed by atoms with van der Waals surface area (Å²) in [4.78, 5) is 16.3.